The second kappa shape index (κ2) is 14.7. The van der Waals surface area contributed by atoms with Crippen molar-refractivity contribution in [2.24, 2.45) is 41.4 Å². The highest BCUT2D eigenvalue weighted by molar-refractivity contribution is 6.29. The molecular formula is C35H49NO10. The van der Waals surface area contributed by atoms with E-state index in [4.69, 9.17) is 0 Å². The number of nitrogens with one attached hydrogen (secondary N) is 1. The number of carbonyl (C=O) groups is 4. The van der Waals surface area contributed by atoms with Crippen LogP contribution >= 0.6 is 0 Å². The number of carbonyl (C=O) groups excluding carboxylic acids is 4. The number of Topliss-reactive ketones (excluding diaryl/α,β-unsaturated/α-hetero) is 2. The summed E-state index contributed by atoms with van der Waals surface area (Å²) in [4.78, 5) is 53.8. The molecule has 0 aromatic rings. The molecule has 4 bridgehead atoms. The van der Waals surface area contributed by atoms with Crippen molar-refractivity contribution >= 4 is 23.3 Å². The molecule has 46 heavy (non-hydrogen) atoms. The Labute approximate surface area is 270 Å². The minimum atomic E-state index is -1.62. The Morgan fingerprint density at radius 3 is 1.89 bits per heavy atom. The Balaban J connectivity index is 2.10. The van der Waals surface area contributed by atoms with E-state index in [0.717, 1.165) is 6.08 Å². The Bertz CT molecular complexity index is 1400. The van der Waals surface area contributed by atoms with Crippen molar-refractivity contribution in [2.45, 2.75) is 92.3 Å². The molecule has 0 aromatic heterocycles. The molecular weight excluding hydrogens is 594 g/mol. The minimum Gasteiger partial charge on any atom is -0.511 e. The number of aliphatic hydroxyl groups excluding tert-OH is 6. The highest BCUT2D eigenvalue weighted by Gasteiger charge is 2.46. The number of aliphatic hydroxyl groups is 6. The van der Waals surface area contributed by atoms with E-state index in [9.17, 15) is 49.8 Å². The molecule has 7 N–H and O–H groups in total. The quantitative estimate of drug-likeness (QED) is 0.191. The van der Waals surface area contributed by atoms with Crippen molar-refractivity contribution in [1.82, 2.24) is 5.32 Å². The van der Waals surface area contributed by atoms with Gasteiger partial charge in [0.05, 0.1) is 41.8 Å². The molecule has 2 heterocycles. The fraction of sp³-hybridized carbons (Fsp3) is 0.600. The molecule has 11 nitrogen and oxygen atoms in total. The number of amides is 1. The Hall–Kier alpha value is -3.22. The monoisotopic (exact) mass is 643 g/mol. The van der Waals surface area contributed by atoms with Crippen molar-refractivity contribution in [3.8, 4) is 0 Å². The summed E-state index contributed by atoms with van der Waals surface area (Å²) in [6.45, 7) is 12.8. The predicted molar refractivity (Wildman–Crippen MR) is 170 cm³/mol. The Morgan fingerprint density at radius 1 is 0.761 bits per heavy atom. The average Bonchev–Trinajstić information content (AvgIpc) is 3.02. The summed E-state index contributed by atoms with van der Waals surface area (Å²) in [6.07, 6.45) is -0.485. The molecule has 0 aromatic carbocycles. The fourth-order valence-electron chi connectivity index (χ4n) is 6.69. The molecule has 0 saturated heterocycles. The molecule has 1 amide bonds. The summed E-state index contributed by atoms with van der Waals surface area (Å²) in [7, 11) is 0. The molecule has 0 spiro atoms. The van der Waals surface area contributed by atoms with E-state index in [0.29, 0.717) is 0 Å². The smallest absolute Gasteiger partial charge is 0.251 e. The lowest BCUT2D eigenvalue weighted by Crippen LogP contribution is -2.46. The Kier molecular flexibility index (Phi) is 11.9. The molecule has 0 saturated carbocycles. The maximum absolute atomic E-state index is 13.8. The first-order chi connectivity index (χ1) is 21.3. The maximum atomic E-state index is 13.8. The molecule has 12 atom stereocenters. The van der Waals surface area contributed by atoms with E-state index >= 15 is 0 Å². The SMILES string of the molecule is C/C1=C/C=C/[C@H](C)C(O)[C@@H](C)[C@@H](O)[C@@H](C)[C@H](O)[C@H](C)[C@@H](O)C(C)CC(C)C(=O)C2=C(O)C(C)C(O)C3=C2C(=O)C=C(NC1=O)C3=O. The fourth-order valence-corrected chi connectivity index (χ4v) is 6.69. The van der Waals surface area contributed by atoms with Gasteiger partial charge in [-0.3, -0.25) is 19.2 Å². The first kappa shape index (κ1) is 37.2. The summed E-state index contributed by atoms with van der Waals surface area (Å²) in [5, 5.41) is 68.8. The van der Waals surface area contributed by atoms with E-state index in [1.165, 1.54) is 26.0 Å². The van der Waals surface area contributed by atoms with Crippen LogP contribution in [0.4, 0.5) is 0 Å². The number of rotatable bonds is 0. The van der Waals surface area contributed by atoms with Gasteiger partial charge in [0.1, 0.15) is 5.76 Å². The van der Waals surface area contributed by atoms with E-state index in [2.05, 4.69) is 5.32 Å². The number of hydrogen-bond acceptors (Lipinski definition) is 10. The zero-order chi connectivity index (χ0) is 34.9. The molecule has 0 radical (unpaired) electrons. The Morgan fingerprint density at radius 2 is 1.30 bits per heavy atom. The van der Waals surface area contributed by atoms with Crippen molar-refractivity contribution in [1.29, 1.82) is 0 Å². The van der Waals surface area contributed by atoms with Crippen LogP contribution in [-0.4, -0.2) is 84.4 Å². The lowest BCUT2D eigenvalue weighted by Gasteiger charge is -2.37. The van der Waals surface area contributed by atoms with Gasteiger partial charge in [-0.1, -0.05) is 66.7 Å². The maximum Gasteiger partial charge on any atom is 0.251 e. The largest absolute Gasteiger partial charge is 0.511 e. The van der Waals surface area contributed by atoms with Gasteiger partial charge in [-0.2, -0.15) is 0 Å². The van der Waals surface area contributed by atoms with Crippen LogP contribution in [0.15, 0.2) is 58.1 Å². The molecule has 254 valence electrons. The van der Waals surface area contributed by atoms with E-state index in [1.54, 1.807) is 47.6 Å². The predicted octanol–water partition coefficient (Wildman–Crippen LogP) is 1.99. The van der Waals surface area contributed by atoms with Crippen LogP contribution in [-0.2, 0) is 19.2 Å². The first-order valence-electron chi connectivity index (χ1n) is 15.9. The van der Waals surface area contributed by atoms with Gasteiger partial charge in [0.15, 0.2) is 11.6 Å². The highest BCUT2D eigenvalue weighted by Crippen LogP contribution is 2.40. The van der Waals surface area contributed by atoms with Gasteiger partial charge in [0.25, 0.3) is 5.91 Å². The average molecular weight is 644 g/mol. The van der Waals surface area contributed by atoms with Crippen LogP contribution in [0.3, 0.4) is 0 Å². The molecule has 4 aliphatic rings. The molecule has 0 fully saturated rings. The van der Waals surface area contributed by atoms with Crippen molar-refractivity contribution in [3.05, 3.63) is 58.1 Å². The zero-order valence-electron chi connectivity index (χ0n) is 27.8. The standard InChI is InChI=1S/C35H49NO10/c1-14-10-9-11-15(2)35(46)36-22-13-23(37)24-25(32(43)21(8)33(44)26(24)34(22)45)29(40)17(4)12-16(3)28(39)19(6)31(42)20(7)30(41)18(5)27(14)38/h9-11,13-14,16-21,27-28,30-31,33,38-39,41-44H,12H2,1-8H3,(H,36,46)/b10-9+,15-11-/t14-,16?,17?,18+,19+,20+,21?,27?,28-,30+,31+,33?/m0/s1. The van der Waals surface area contributed by atoms with Crippen molar-refractivity contribution < 1.29 is 49.8 Å². The summed E-state index contributed by atoms with van der Waals surface area (Å²) in [6, 6.07) is 0. The van der Waals surface area contributed by atoms with Gasteiger partial charge in [-0.05, 0) is 19.3 Å². The van der Waals surface area contributed by atoms with E-state index < -0.39 is 112 Å². The normalized spacial score (nSPS) is 41.2. The summed E-state index contributed by atoms with van der Waals surface area (Å²) in [5.41, 5.74) is -1.42. The van der Waals surface area contributed by atoms with Crippen molar-refractivity contribution in [2.75, 3.05) is 0 Å². The second-order valence-corrected chi connectivity index (χ2v) is 13.6. The van der Waals surface area contributed by atoms with Gasteiger partial charge < -0.3 is 36.0 Å². The van der Waals surface area contributed by atoms with Crippen LogP contribution in [0, 0.1) is 41.4 Å². The number of allylic oxidation sites excluding steroid dienone is 6. The van der Waals surface area contributed by atoms with Crippen LogP contribution in [0.1, 0.15) is 61.8 Å². The van der Waals surface area contributed by atoms with E-state index in [1.807, 2.05) is 0 Å². The van der Waals surface area contributed by atoms with Gasteiger partial charge in [-0.15, -0.1) is 0 Å². The summed E-state index contributed by atoms with van der Waals surface area (Å²) < 4.78 is 0. The minimum absolute atomic E-state index is 0.0776. The third kappa shape index (κ3) is 7.18. The van der Waals surface area contributed by atoms with Crippen LogP contribution in [0.25, 0.3) is 0 Å². The van der Waals surface area contributed by atoms with Gasteiger partial charge in [0.2, 0.25) is 5.78 Å². The summed E-state index contributed by atoms with van der Waals surface area (Å²) in [5.74, 6) is -8.76. The highest BCUT2D eigenvalue weighted by atomic mass is 16.3. The molecule has 2 aliphatic heterocycles. The first-order valence-corrected chi connectivity index (χ1v) is 15.9. The van der Waals surface area contributed by atoms with Gasteiger partial charge >= 0.3 is 0 Å². The summed E-state index contributed by atoms with van der Waals surface area (Å²) >= 11 is 0. The van der Waals surface area contributed by atoms with Crippen LogP contribution in [0.2, 0.25) is 0 Å². The molecule has 4 rings (SSSR count). The third-order valence-electron chi connectivity index (χ3n) is 10.1. The number of fused-ring (bicyclic) bond motifs is 16. The zero-order valence-corrected chi connectivity index (χ0v) is 27.8. The molecule has 2 aliphatic carbocycles. The van der Waals surface area contributed by atoms with E-state index in [-0.39, 0.29) is 23.3 Å². The van der Waals surface area contributed by atoms with Crippen LogP contribution in [0.5, 0.6) is 0 Å². The number of hydrogen-bond donors (Lipinski definition) is 7. The molecule has 5 unspecified atom stereocenters. The van der Waals surface area contributed by atoms with Crippen molar-refractivity contribution in [3.63, 3.8) is 0 Å². The second-order valence-electron chi connectivity index (χ2n) is 13.6. The van der Waals surface area contributed by atoms with Crippen LogP contribution < -0.4 is 5.32 Å². The lowest BCUT2D eigenvalue weighted by molar-refractivity contribution is -0.122. The van der Waals surface area contributed by atoms with Gasteiger partial charge in [0, 0.05) is 58.3 Å². The molecule has 11 heteroatoms. The topological polar surface area (TPSA) is 202 Å². The number of ketones is 3. The third-order valence-corrected chi connectivity index (χ3v) is 10.1. The van der Waals surface area contributed by atoms with Gasteiger partial charge in [-0.25, -0.2) is 0 Å². The lowest BCUT2D eigenvalue weighted by atomic mass is 9.72.